The molecule has 6 heteroatoms. The fraction of sp³-hybridized carbons (Fsp3) is 0.727. The quantitative estimate of drug-likeness (QED) is 0.557. The number of imide groups is 1. The highest BCUT2D eigenvalue weighted by Crippen LogP contribution is 2.42. The van der Waals surface area contributed by atoms with Crippen LogP contribution in [0.4, 0.5) is 0 Å². The molecule has 0 aliphatic carbocycles. The second kappa shape index (κ2) is 5.08. The number of thioether (sulfide) groups is 1. The minimum atomic E-state index is -0.782. The van der Waals surface area contributed by atoms with Gasteiger partial charge >= 0.3 is 5.97 Å². The second-order valence-electron chi connectivity index (χ2n) is 4.50. The van der Waals surface area contributed by atoms with Crippen molar-refractivity contribution in [3.8, 4) is 0 Å². The van der Waals surface area contributed by atoms with E-state index in [1.54, 1.807) is 11.8 Å². The largest absolute Gasteiger partial charge is 0.481 e. The number of rotatable bonds is 5. The summed E-state index contributed by atoms with van der Waals surface area (Å²) in [7, 11) is 0. The average molecular weight is 257 g/mol. The number of hydrogen-bond donors (Lipinski definition) is 2. The van der Waals surface area contributed by atoms with Crippen molar-refractivity contribution in [3.05, 3.63) is 0 Å². The zero-order chi connectivity index (χ0) is 12.4. The van der Waals surface area contributed by atoms with Crippen LogP contribution in [0.15, 0.2) is 0 Å². The van der Waals surface area contributed by atoms with Crippen molar-refractivity contribution in [1.82, 2.24) is 5.32 Å². The fourth-order valence-electron chi connectivity index (χ4n) is 2.47. The first-order valence-electron chi connectivity index (χ1n) is 5.77. The van der Waals surface area contributed by atoms with Gasteiger partial charge in [0.15, 0.2) is 0 Å². The summed E-state index contributed by atoms with van der Waals surface area (Å²) in [6, 6.07) is 0. The predicted molar refractivity (Wildman–Crippen MR) is 62.5 cm³/mol. The summed E-state index contributed by atoms with van der Waals surface area (Å²) in [5.41, 5.74) is 0. The predicted octanol–water partition coefficient (Wildman–Crippen LogP) is 0.636. The van der Waals surface area contributed by atoms with Gasteiger partial charge in [-0.25, -0.2) is 0 Å². The number of carboxylic acid groups (broad SMARTS) is 1. The Bertz CT molecular complexity index is 357. The van der Waals surface area contributed by atoms with Crippen molar-refractivity contribution in [2.45, 2.75) is 30.9 Å². The monoisotopic (exact) mass is 257 g/mol. The molecule has 2 saturated heterocycles. The van der Waals surface area contributed by atoms with Gasteiger partial charge in [-0.1, -0.05) is 6.42 Å². The Balaban J connectivity index is 1.81. The maximum Gasteiger partial charge on any atom is 0.303 e. The topological polar surface area (TPSA) is 83.5 Å². The summed E-state index contributed by atoms with van der Waals surface area (Å²) in [5.74, 6) is -0.690. The molecule has 2 amide bonds. The van der Waals surface area contributed by atoms with Crippen LogP contribution in [-0.4, -0.2) is 33.9 Å². The van der Waals surface area contributed by atoms with E-state index in [2.05, 4.69) is 5.32 Å². The number of unbranched alkanes of at least 4 members (excludes halogenated alkanes) is 1. The number of hydrogen-bond acceptors (Lipinski definition) is 4. The Morgan fingerprint density at radius 2 is 2.12 bits per heavy atom. The van der Waals surface area contributed by atoms with Crippen molar-refractivity contribution in [1.29, 1.82) is 0 Å². The van der Waals surface area contributed by atoms with Crippen LogP contribution >= 0.6 is 11.8 Å². The van der Waals surface area contributed by atoms with Crippen LogP contribution in [0, 0.1) is 11.8 Å². The Morgan fingerprint density at radius 3 is 2.82 bits per heavy atom. The van der Waals surface area contributed by atoms with Gasteiger partial charge in [0, 0.05) is 17.4 Å². The van der Waals surface area contributed by atoms with Gasteiger partial charge in [-0.05, 0) is 12.8 Å². The van der Waals surface area contributed by atoms with Crippen molar-refractivity contribution >= 4 is 29.5 Å². The van der Waals surface area contributed by atoms with Gasteiger partial charge in [0.05, 0.1) is 11.8 Å². The third-order valence-corrected chi connectivity index (χ3v) is 4.85. The maximum absolute atomic E-state index is 11.6. The number of carbonyl (C=O) groups is 3. The molecule has 2 N–H and O–H groups in total. The van der Waals surface area contributed by atoms with Gasteiger partial charge < -0.3 is 5.11 Å². The standard InChI is InChI=1S/C11H15NO4S/c13-8(14)4-2-1-3-7-9-6(5-17-7)10(15)12-11(9)16/h6-7,9H,1-5H2,(H,13,14)(H,12,15,16). The maximum atomic E-state index is 11.6. The first-order chi connectivity index (χ1) is 8.09. The molecule has 3 atom stereocenters. The summed E-state index contributed by atoms with van der Waals surface area (Å²) in [6.45, 7) is 0. The van der Waals surface area contributed by atoms with Gasteiger partial charge in [-0.15, -0.1) is 0 Å². The van der Waals surface area contributed by atoms with Crippen molar-refractivity contribution in [2.75, 3.05) is 5.75 Å². The van der Waals surface area contributed by atoms with Gasteiger partial charge in [0.2, 0.25) is 11.8 Å². The highest BCUT2D eigenvalue weighted by atomic mass is 32.2. The number of carboxylic acids is 1. The molecule has 0 spiro atoms. The SMILES string of the molecule is O=C(O)CCCCC1SCC2C(=O)NC(=O)C12. The third-order valence-electron chi connectivity index (χ3n) is 3.34. The molecular weight excluding hydrogens is 242 g/mol. The van der Waals surface area contributed by atoms with E-state index in [1.807, 2.05) is 0 Å². The lowest BCUT2D eigenvalue weighted by molar-refractivity contribution is -0.137. The molecule has 94 valence electrons. The number of carbonyl (C=O) groups excluding carboxylic acids is 2. The first kappa shape index (κ1) is 12.4. The number of fused-ring (bicyclic) bond motifs is 1. The zero-order valence-electron chi connectivity index (χ0n) is 9.35. The van der Waals surface area contributed by atoms with Crippen molar-refractivity contribution < 1.29 is 19.5 Å². The second-order valence-corrected chi connectivity index (χ2v) is 5.77. The molecule has 2 fully saturated rings. The molecular formula is C11H15NO4S. The molecule has 2 rings (SSSR count). The Kier molecular flexibility index (Phi) is 3.71. The molecule has 0 radical (unpaired) electrons. The highest BCUT2D eigenvalue weighted by molar-refractivity contribution is 8.00. The summed E-state index contributed by atoms with van der Waals surface area (Å²) in [4.78, 5) is 33.3. The minimum absolute atomic E-state index is 0.138. The summed E-state index contributed by atoms with van der Waals surface area (Å²) >= 11 is 1.67. The summed E-state index contributed by atoms with van der Waals surface area (Å²) in [6.07, 6.45) is 2.43. The average Bonchev–Trinajstić information content (AvgIpc) is 2.78. The lowest BCUT2D eigenvalue weighted by Crippen LogP contribution is -2.26. The molecule has 2 aliphatic rings. The number of aliphatic carboxylic acids is 1. The summed E-state index contributed by atoms with van der Waals surface area (Å²) in [5, 5.41) is 11.1. The lowest BCUT2D eigenvalue weighted by Gasteiger charge is -2.13. The summed E-state index contributed by atoms with van der Waals surface area (Å²) < 4.78 is 0. The van der Waals surface area contributed by atoms with E-state index in [4.69, 9.17) is 5.11 Å². The van der Waals surface area contributed by atoms with Crippen LogP contribution in [0.1, 0.15) is 25.7 Å². The van der Waals surface area contributed by atoms with Crippen LogP contribution in [0.25, 0.3) is 0 Å². The zero-order valence-corrected chi connectivity index (χ0v) is 10.2. The van der Waals surface area contributed by atoms with E-state index in [0.717, 1.165) is 12.8 Å². The highest BCUT2D eigenvalue weighted by Gasteiger charge is 2.50. The smallest absolute Gasteiger partial charge is 0.303 e. The van der Waals surface area contributed by atoms with E-state index in [0.29, 0.717) is 12.2 Å². The number of nitrogens with one attached hydrogen (secondary N) is 1. The third kappa shape index (κ3) is 2.62. The van der Waals surface area contributed by atoms with E-state index in [9.17, 15) is 14.4 Å². The first-order valence-corrected chi connectivity index (χ1v) is 6.82. The fourth-order valence-corrected chi connectivity index (χ4v) is 4.13. The van der Waals surface area contributed by atoms with Gasteiger partial charge in [-0.2, -0.15) is 11.8 Å². The van der Waals surface area contributed by atoms with Crippen molar-refractivity contribution in [2.24, 2.45) is 11.8 Å². The molecule has 0 aromatic heterocycles. The van der Waals surface area contributed by atoms with Gasteiger partial charge in [0.1, 0.15) is 0 Å². The molecule has 2 aliphatic heterocycles. The molecule has 2 heterocycles. The number of amides is 2. The Hall–Kier alpha value is -1.04. The van der Waals surface area contributed by atoms with Gasteiger partial charge in [-0.3, -0.25) is 19.7 Å². The van der Waals surface area contributed by atoms with Crippen LogP contribution in [0.3, 0.4) is 0 Å². The molecule has 0 aromatic carbocycles. The molecule has 0 saturated carbocycles. The van der Waals surface area contributed by atoms with Crippen LogP contribution in [0.5, 0.6) is 0 Å². The molecule has 0 bridgehead atoms. The van der Waals surface area contributed by atoms with E-state index < -0.39 is 5.97 Å². The molecule has 3 unspecified atom stereocenters. The molecule has 5 nitrogen and oxygen atoms in total. The molecule has 17 heavy (non-hydrogen) atoms. The van der Waals surface area contributed by atoms with E-state index in [1.165, 1.54) is 0 Å². The van der Waals surface area contributed by atoms with Gasteiger partial charge in [0.25, 0.3) is 0 Å². The van der Waals surface area contributed by atoms with Crippen LogP contribution < -0.4 is 5.32 Å². The Labute approximate surface area is 103 Å². The van der Waals surface area contributed by atoms with Crippen LogP contribution in [0.2, 0.25) is 0 Å². The van der Waals surface area contributed by atoms with E-state index in [-0.39, 0.29) is 35.3 Å². The van der Waals surface area contributed by atoms with E-state index >= 15 is 0 Å². The van der Waals surface area contributed by atoms with Crippen LogP contribution in [-0.2, 0) is 14.4 Å². The van der Waals surface area contributed by atoms with Crippen molar-refractivity contribution in [3.63, 3.8) is 0 Å². The minimum Gasteiger partial charge on any atom is -0.481 e. The molecule has 0 aromatic rings. The Morgan fingerprint density at radius 1 is 1.35 bits per heavy atom. The normalized spacial score (nSPS) is 31.4. The lowest BCUT2D eigenvalue weighted by atomic mass is 9.91.